The summed E-state index contributed by atoms with van der Waals surface area (Å²) in [5.74, 6) is 0.850. The van der Waals surface area contributed by atoms with Crippen molar-refractivity contribution < 1.29 is 5.11 Å². The van der Waals surface area contributed by atoms with Crippen LogP contribution in [0.1, 0.15) is 49.9 Å². The van der Waals surface area contributed by atoms with Gasteiger partial charge in [0.2, 0.25) is 0 Å². The molecule has 0 aromatic carbocycles. The number of nitrogens with zero attached hydrogens (tertiary/aromatic N) is 2. The summed E-state index contributed by atoms with van der Waals surface area (Å²) in [5, 5.41) is 14.5. The molecule has 1 heterocycles. The zero-order valence-electron chi connectivity index (χ0n) is 9.35. The first kappa shape index (κ1) is 9.40. The monoisotopic (exact) mass is 206 g/mol. The first-order valence-electron chi connectivity index (χ1n) is 5.93. The Balaban J connectivity index is 2.07. The van der Waals surface area contributed by atoms with Gasteiger partial charge in [-0.15, -0.1) is 0 Å². The molecule has 1 N–H and O–H groups in total. The van der Waals surface area contributed by atoms with Gasteiger partial charge in [0.05, 0.1) is 12.3 Å². The average molecular weight is 206 g/mol. The molecule has 2 aliphatic rings. The smallest absolute Gasteiger partial charge is 0.0641 e. The predicted octanol–water partition coefficient (Wildman–Crippen LogP) is 1.87. The summed E-state index contributed by atoms with van der Waals surface area (Å²) >= 11 is 0. The van der Waals surface area contributed by atoms with Crippen molar-refractivity contribution >= 4 is 0 Å². The van der Waals surface area contributed by atoms with Crippen molar-refractivity contribution in [2.45, 2.75) is 51.2 Å². The van der Waals surface area contributed by atoms with E-state index in [4.69, 9.17) is 0 Å². The summed E-state index contributed by atoms with van der Waals surface area (Å²) < 4.78 is 2.13. The summed E-state index contributed by atoms with van der Waals surface area (Å²) in [4.78, 5) is 0. The second-order valence-corrected chi connectivity index (χ2v) is 5.22. The number of fused-ring (bicyclic) bond motifs is 4. The van der Waals surface area contributed by atoms with E-state index in [9.17, 15) is 5.11 Å². The SMILES string of the molecule is CC(C)n1ncc2c1C[C@H]1CC[C@H]2[C@H]1O. The van der Waals surface area contributed by atoms with Crippen LogP contribution in [-0.4, -0.2) is 21.0 Å². The highest BCUT2D eigenvalue weighted by atomic mass is 16.3. The Morgan fingerprint density at radius 2 is 2.27 bits per heavy atom. The maximum absolute atomic E-state index is 10.1. The highest BCUT2D eigenvalue weighted by Gasteiger charge is 2.42. The van der Waals surface area contributed by atoms with Gasteiger partial charge in [0.1, 0.15) is 0 Å². The van der Waals surface area contributed by atoms with Crippen LogP contribution >= 0.6 is 0 Å². The minimum Gasteiger partial charge on any atom is -0.392 e. The molecule has 0 spiro atoms. The zero-order valence-corrected chi connectivity index (χ0v) is 9.35. The molecule has 0 amide bonds. The summed E-state index contributed by atoms with van der Waals surface area (Å²) in [6.07, 6.45) is 5.21. The molecule has 3 rings (SSSR count). The number of hydrogen-bond donors (Lipinski definition) is 1. The van der Waals surface area contributed by atoms with Crippen molar-refractivity contribution in [1.82, 2.24) is 9.78 Å². The molecule has 1 aromatic heterocycles. The van der Waals surface area contributed by atoms with Crippen LogP contribution in [0.5, 0.6) is 0 Å². The summed E-state index contributed by atoms with van der Waals surface area (Å²) in [6.45, 7) is 4.33. The van der Waals surface area contributed by atoms with Crippen LogP contribution in [-0.2, 0) is 6.42 Å². The topological polar surface area (TPSA) is 38.0 Å². The quantitative estimate of drug-likeness (QED) is 0.761. The Morgan fingerprint density at radius 1 is 1.47 bits per heavy atom. The van der Waals surface area contributed by atoms with E-state index in [1.54, 1.807) is 0 Å². The fourth-order valence-electron chi connectivity index (χ4n) is 3.24. The van der Waals surface area contributed by atoms with Gasteiger partial charge in [-0.05, 0) is 44.6 Å². The Labute approximate surface area is 90.1 Å². The fourth-order valence-corrected chi connectivity index (χ4v) is 3.24. The highest BCUT2D eigenvalue weighted by molar-refractivity contribution is 5.30. The van der Waals surface area contributed by atoms with Gasteiger partial charge in [0.25, 0.3) is 0 Å². The number of hydrogen-bond acceptors (Lipinski definition) is 2. The number of aromatic nitrogens is 2. The predicted molar refractivity (Wildman–Crippen MR) is 57.8 cm³/mol. The van der Waals surface area contributed by atoms with Crippen molar-refractivity contribution in [2.24, 2.45) is 5.92 Å². The molecule has 2 bridgehead atoms. The van der Waals surface area contributed by atoms with Gasteiger partial charge < -0.3 is 5.11 Å². The summed E-state index contributed by atoms with van der Waals surface area (Å²) in [5.41, 5.74) is 2.69. The molecule has 0 radical (unpaired) electrons. The molecule has 2 aliphatic carbocycles. The molecule has 15 heavy (non-hydrogen) atoms. The van der Waals surface area contributed by atoms with Gasteiger partial charge in [-0.2, -0.15) is 5.10 Å². The Bertz CT molecular complexity index is 383. The van der Waals surface area contributed by atoms with Gasteiger partial charge in [-0.1, -0.05) is 0 Å². The zero-order chi connectivity index (χ0) is 10.6. The van der Waals surface area contributed by atoms with Crippen LogP contribution in [0.3, 0.4) is 0 Å². The third-order valence-corrected chi connectivity index (χ3v) is 4.02. The van der Waals surface area contributed by atoms with Gasteiger partial charge in [0.15, 0.2) is 0 Å². The van der Waals surface area contributed by atoms with Crippen molar-refractivity contribution in [2.75, 3.05) is 0 Å². The van der Waals surface area contributed by atoms with E-state index in [0.717, 1.165) is 12.8 Å². The van der Waals surface area contributed by atoms with Crippen LogP contribution in [0.4, 0.5) is 0 Å². The maximum atomic E-state index is 10.1. The molecular weight excluding hydrogens is 188 g/mol. The van der Waals surface area contributed by atoms with E-state index in [1.807, 2.05) is 6.20 Å². The summed E-state index contributed by atoms with van der Waals surface area (Å²) in [6, 6.07) is 0.434. The van der Waals surface area contributed by atoms with Crippen LogP contribution in [0.25, 0.3) is 0 Å². The number of aliphatic hydroxyl groups excluding tert-OH is 1. The molecule has 3 nitrogen and oxygen atoms in total. The highest BCUT2D eigenvalue weighted by Crippen LogP contribution is 2.46. The van der Waals surface area contributed by atoms with Crippen LogP contribution in [0, 0.1) is 5.92 Å². The van der Waals surface area contributed by atoms with E-state index in [2.05, 4.69) is 23.6 Å². The first-order chi connectivity index (χ1) is 7.18. The lowest BCUT2D eigenvalue weighted by molar-refractivity contribution is 0.107. The van der Waals surface area contributed by atoms with E-state index in [-0.39, 0.29) is 6.10 Å². The Morgan fingerprint density at radius 3 is 3.00 bits per heavy atom. The molecule has 1 saturated carbocycles. The molecule has 1 aromatic rings. The fraction of sp³-hybridized carbons (Fsp3) is 0.750. The van der Waals surface area contributed by atoms with Crippen LogP contribution < -0.4 is 0 Å². The lowest BCUT2D eigenvalue weighted by Gasteiger charge is -2.27. The minimum atomic E-state index is -0.109. The third kappa shape index (κ3) is 1.19. The van der Waals surface area contributed by atoms with Crippen LogP contribution in [0.2, 0.25) is 0 Å². The van der Waals surface area contributed by atoms with Crippen molar-refractivity contribution in [3.63, 3.8) is 0 Å². The van der Waals surface area contributed by atoms with Crippen molar-refractivity contribution in [3.8, 4) is 0 Å². The average Bonchev–Trinajstić information content (AvgIpc) is 2.69. The lowest BCUT2D eigenvalue weighted by atomic mass is 9.84. The van der Waals surface area contributed by atoms with E-state index >= 15 is 0 Å². The molecule has 3 atom stereocenters. The first-order valence-corrected chi connectivity index (χ1v) is 5.93. The molecule has 0 unspecified atom stereocenters. The van der Waals surface area contributed by atoms with E-state index in [0.29, 0.717) is 17.9 Å². The van der Waals surface area contributed by atoms with Crippen LogP contribution in [0.15, 0.2) is 6.20 Å². The summed E-state index contributed by atoms with van der Waals surface area (Å²) in [7, 11) is 0. The molecule has 82 valence electrons. The molecular formula is C12H18N2O. The van der Waals surface area contributed by atoms with Crippen molar-refractivity contribution in [1.29, 1.82) is 0 Å². The molecule has 0 aliphatic heterocycles. The Kier molecular flexibility index (Phi) is 1.93. The molecule has 3 heteroatoms. The largest absolute Gasteiger partial charge is 0.392 e. The number of aliphatic hydroxyl groups is 1. The Hall–Kier alpha value is -0.830. The second kappa shape index (κ2) is 3.08. The van der Waals surface area contributed by atoms with Gasteiger partial charge in [-0.25, -0.2) is 0 Å². The minimum absolute atomic E-state index is 0.109. The van der Waals surface area contributed by atoms with Gasteiger partial charge in [0, 0.05) is 17.7 Å². The van der Waals surface area contributed by atoms with E-state index < -0.39 is 0 Å². The van der Waals surface area contributed by atoms with Crippen molar-refractivity contribution in [3.05, 3.63) is 17.5 Å². The molecule has 1 fully saturated rings. The van der Waals surface area contributed by atoms with Gasteiger partial charge in [-0.3, -0.25) is 4.68 Å². The van der Waals surface area contributed by atoms with Gasteiger partial charge >= 0.3 is 0 Å². The standard InChI is InChI=1S/C12H18N2O/c1-7(2)14-11-5-8-3-4-9(12(8)15)10(11)6-13-14/h6-9,12,15H,3-5H2,1-2H3/t8-,9-,12+/m1/s1. The maximum Gasteiger partial charge on any atom is 0.0641 e. The number of rotatable bonds is 1. The normalized spacial score (nSPS) is 33.5. The molecule has 0 saturated heterocycles. The van der Waals surface area contributed by atoms with E-state index in [1.165, 1.54) is 17.7 Å². The second-order valence-electron chi connectivity index (χ2n) is 5.22. The lowest BCUT2D eigenvalue weighted by Crippen LogP contribution is -2.28. The third-order valence-electron chi connectivity index (χ3n) is 4.02.